The van der Waals surface area contributed by atoms with Gasteiger partial charge in [-0.1, -0.05) is 20.8 Å². The molecule has 0 radical (unpaired) electrons. The normalized spacial score (nSPS) is 11.6. The number of aliphatic hydroxyl groups is 1. The number of hydrogen-bond donors (Lipinski definition) is 1. The lowest BCUT2D eigenvalue weighted by molar-refractivity contribution is 0.281. The number of aromatic nitrogens is 1. The molecule has 0 saturated heterocycles. The van der Waals surface area contributed by atoms with E-state index in [1.807, 2.05) is 12.1 Å². The predicted molar refractivity (Wildman–Crippen MR) is 72.4 cm³/mol. The molecule has 0 bridgehead atoms. The average molecular weight is 236 g/mol. The Morgan fingerprint density at radius 3 is 2.18 bits per heavy atom. The minimum Gasteiger partial charge on any atom is -0.392 e. The van der Waals surface area contributed by atoms with Crippen LogP contribution in [-0.2, 0) is 12.0 Å². The Balaban J connectivity index is 3.22. The van der Waals surface area contributed by atoms with Crippen LogP contribution in [0.4, 0.5) is 5.82 Å². The van der Waals surface area contributed by atoms with Gasteiger partial charge in [0, 0.05) is 24.2 Å². The molecule has 96 valence electrons. The molecule has 3 heteroatoms. The van der Waals surface area contributed by atoms with E-state index in [1.54, 1.807) is 0 Å². The molecule has 1 aromatic rings. The molecular weight excluding hydrogens is 212 g/mol. The zero-order valence-electron chi connectivity index (χ0n) is 11.6. The fraction of sp³-hybridized carbons (Fsp3) is 0.643. The third-order valence-corrected chi connectivity index (χ3v) is 2.91. The average Bonchev–Trinajstić information content (AvgIpc) is 2.29. The van der Waals surface area contributed by atoms with Gasteiger partial charge in [-0.3, -0.25) is 0 Å². The Morgan fingerprint density at radius 2 is 1.76 bits per heavy atom. The summed E-state index contributed by atoms with van der Waals surface area (Å²) < 4.78 is 0. The van der Waals surface area contributed by atoms with Gasteiger partial charge in [0.15, 0.2) is 0 Å². The zero-order chi connectivity index (χ0) is 13.1. The molecule has 0 amide bonds. The summed E-state index contributed by atoms with van der Waals surface area (Å²) in [6, 6.07) is 3.97. The third-order valence-electron chi connectivity index (χ3n) is 2.91. The monoisotopic (exact) mass is 236 g/mol. The van der Waals surface area contributed by atoms with Crippen LogP contribution in [0.5, 0.6) is 0 Å². The molecule has 17 heavy (non-hydrogen) atoms. The van der Waals surface area contributed by atoms with Crippen molar-refractivity contribution in [3.8, 4) is 0 Å². The molecule has 1 rings (SSSR count). The molecule has 1 heterocycles. The number of hydrogen-bond acceptors (Lipinski definition) is 3. The van der Waals surface area contributed by atoms with Crippen molar-refractivity contribution >= 4 is 5.82 Å². The van der Waals surface area contributed by atoms with Crippen molar-refractivity contribution in [3.63, 3.8) is 0 Å². The van der Waals surface area contributed by atoms with E-state index in [1.165, 1.54) is 0 Å². The fourth-order valence-corrected chi connectivity index (χ4v) is 1.76. The number of aliphatic hydroxyl groups excluding tert-OH is 1. The quantitative estimate of drug-likeness (QED) is 0.873. The Labute approximate surface area is 104 Å². The lowest BCUT2D eigenvalue weighted by Crippen LogP contribution is -2.25. The Kier molecular flexibility index (Phi) is 4.52. The van der Waals surface area contributed by atoms with Crippen LogP contribution in [0.25, 0.3) is 0 Å². The van der Waals surface area contributed by atoms with Crippen molar-refractivity contribution in [3.05, 3.63) is 23.4 Å². The molecule has 0 aliphatic rings. The summed E-state index contributed by atoms with van der Waals surface area (Å²) in [5.74, 6) is 0.964. The van der Waals surface area contributed by atoms with E-state index in [9.17, 15) is 5.11 Å². The first-order valence-electron chi connectivity index (χ1n) is 6.29. The van der Waals surface area contributed by atoms with Crippen molar-refractivity contribution < 1.29 is 5.11 Å². The van der Waals surface area contributed by atoms with E-state index < -0.39 is 0 Å². The van der Waals surface area contributed by atoms with Gasteiger partial charge in [-0.25, -0.2) is 4.98 Å². The molecule has 0 spiro atoms. The van der Waals surface area contributed by atoms with E-state index in [0.29, 0.717) is 0 Å². The molecule has 0 atom stereocenters. The molecule has 0 unspecified atom stereocenters. The van der Waals surface area contributed by atoms with Crippen LogP contribution in [0.15, 0.2) is 12.1 Å². The van der Waals surface area contributed by atoms with Crippen molar-refractivity contribution in [2.45, 2.75) is 46.6 Å². The van der Waals surface area contributed by atoms with E-state index in [0.717, 1.165) is 30.2 Å². The highest BCUT2D eigenvalue weighted by atomic mass is 16.3. The van der Waals surface area contributed by atoms with Gasteiger partial charge in [-0.05, 0) is 31.5 Å². The van der Waals surface area contributed by atoms with Crippen molar-refractivity contribution in [1.82, 2.24) is 4.98 Å². The van der Waals surface area contributed by atoms with Gasteiger partial charge in [0.1, 0.15) is 5.82 Å². The van der Waals surface area contributed by atoms with Gasteiger partial charge in [0.05, 0.1) is 6.61 Å². The molecule has 1 N–H and O–H groups in total. The first kappa shape index (κ1) is 14.0. The zero-order valence-corrected chi connectivity index (χ0v) is 11.6. The summed E-state index contributed by atoms with van der Waals surface area (Å²) >= 11 is 0. The van der Waals surface area contributed by atoms with Gasteiger partial charge in [0.25, 0.3) is 0 Å². The van der Waals surface area contributed by atoms with Crippen molar-refractivity contribution in [2.24, 2.45) is 0 Å². The predicted octanol–water partition coefficient (Wildman–Crippen LogP) is 2.72. The standard InChI is InChI=1S/C14H24N2O/c1-6-16(7-2)13-9-11(10-17)8-12(15-13)14(3,4)5/h8-9,17H,6-7,10H2,1-5H3. The first-order valence-corrected chi connectivity index (χ1v) is 6.29. The second-order valence-electron chi connectivity index (χ2n) is 5.30. The summed E-state index contributed by atoms with van der Waals surface area (Å²) in [6.45, 7) is 12.6. The number of rotatable bonds is 4. The van der Waals surface area contributed by atoms with Crippen LogP contribution < -0.4 is 4.90 Å². The first-order chi connectivity index (χ1) is 7.92. The highest BCUT2D eigenvalue weighted by Gasteiger charge is 2.18. The van der Waals surface area contributed by atoms with E-state index in [-0.39, 0.29) is 12.0 Å². The highest BCUT2D eigenvalue weighted by molar-refractivity contribution is 5.43. The van der Waals surface area contributed by atoms with E-state index >= 15 is 0 Å². The Hall–Kier alpha value is -1.09. The maximum absolute atomic E-state index is 9.33. The van der Waals surface area contributed by atoms with E-state index in [4.69, 9.17) is 4.98 Å². The summed E-state index contributed by atoms with van der Waals surface area (Å²) in [7, 11) is 0. The van der Waals surface area contributed by atoms with Crippen LogP contribution in [0.3, 0.4) is 0 Å². The molecule has 0 fully saturated rings. The number of pyridine rings is 1. The molecule has 0 aromatic carbocycles. The lowest BCUT2D eigenvalue weighted by Gasteiger charge is -2.25. The van der Waals surface area contributed by atoms with Gasteiger partial charge in [-0.2, -0.15) is 0 Å². The molecule has 0 saturated carbocycles. The van der Waals surface area contributed by atoms with Crippen LogP contribution in [0.2, 0.25) is 0 Å². The topological polar surface area (TPSA) is 36.4 Å². The molecule has 0 aliphatic carbocycles. The third kappa shape index (κ3) is 3.43. The van der Waals surface area contributed by atoms with Crippen molar-refractivity contribution in [2.75, 3.05) is 18.0 Å². The number of anilines is 1. The van der Waals surface area contributed by atoms with Gasteiger partial charge in [0.2, 0.25) is 0 Å². The molecule has 0 aliphatic heterocycles. The van der Waals surface area contributed by atoms with Gasteiger partial charge >= 0.3 is 0 Å². The molecule has 3 nitrogen and oxygen atoms in total. The number of nitrogens with zero attached hydrogens (tertiary/aromatic N) is 2. The van der Waals surface area contributed by atoms with E-state index in [2.05, 4.69) is 39.5 Å². The second-order valence-corrected chi connectivity index (χ2v) is 5.30. The lowest BCUT2D eigenvalue weighted by atomic mass is 9.91. The largest absolute Gasteiger partial charge is 0.392 e. The van der Waals surface area contributed by atoms with Crippen LogP contribution >= 0.6 is 0 Å². The molecule has 1 aromatic heterocycles. The summed E-state index contributed by atoms with van der Waals surface area (Å²) in [4.78, 5) is 6.91. The van der Waals surface area contributed by atoms with Crippen LogP contribution in [0, 0.1) is 0 Å². The minimum absolute atomic E-state index is 0.00703. The summed E-state index contributed by atoms with van der Waals surface area (Å²) in [5.41, 5.74) is 1.98. The van der Waals surface area contributed by atoms with Gasteiger partial charge in [-0.15, -0.1) is 0 Å². The van der Waals surface area contributed by atoms with Crippen LogP contribution in [-0.4, -0.2) is 23.2 Å². The van der Waals surface area contributed by atoms with Gasteiger partial charge < -0.3 is 10.0 Å². The second kappa shape index (κ2) is 5.50. The Bertz CT molecular complexity index is 365. The highest BCUT2D eigenvalue weighted by Crippen LogP contribution is 2.24. The Morgan fingerprint density at radius 1 is 1.18 bits per heavy atom. The maximum atomic E-state index is 9.33. The smallest absolute Gasteiger partial charge is 0.129 e. The maximum Gasteiger partial charge on any atom is 0.129 e. The fourth-order valence-electron chi connectivity index (χ4n) is 1.76. The SMILES string of the molecule is CCN(CC)c1cc(CO)cc(C(C)(C)C)n1. The van der Waals surface area contributed by atoms with Crippen LogP contribution in [0.1, 0.15) is 45.9 Å². The molecular formula is C14H24N2O. The minimum atomic E-state index is 0.00703. The summed E-state index contributed by atoms with van der Waals surface area (Å²) in [6.07, 6.45) is 0. The van der Waals surface area contributed by atoms with Crippen molar-refractivity contribution in [1.29, 1.82) is 0 Å². The summed E-state index contributed by atoms with van der Waals surface area (Å²) in [5, 5.41) is 9.33.